The van der Waals surface area contributed by atoms with Crippen LogP contribution in [0.15, 0.2) is 0 Å². The first-order valence-corrected chi connectivity index (χ1v) is 5.75. The van der Waals surface area contributed by atoms with Gasteiger partial charge in [-0.2, -0.15) is 0 Å². The molecule has 0 aliphatic carbocycles. The van der Waals surface area contributed by atoms with Gasteiger partial charge in [0.25, 0.3) is 0 Å². The summed E-state index contributed by atoms with van der Waals surface area (Å²) in [5.74, 6) is 0. The molecule has 0 amide bonds. The average Bonchev–Trinajstić information content (AvgIpc) is 2.14. The monoisotopic (exact) mass is 184 g/mol. The molecule has 0 saturated carbocycles. The van der Waals surface area contributed by atoms with E-state index in [1.54, 1.807) is 0 Å². The third-order valence-electron chi connectivity index (χ3n) is 2.65. The van der Waals surface area contributed by atoms with E-state index in [1.807, 2.05) is 0 Å². The van der Waals surface area contributed by atoms with Gasteiger partial charge in [-0.05, 0) is 45.4 Å². The van der Waals surface area contributed by atoms with Crippen LogP contribution in [0.1, 0.15) is 39.5 Å². The molecule has 1 aliphatic rings. The Bertz CT molecular complexity index is 117. The van der Waals surface area contributed by atoms with Crippen molar-refractivity contribution in [3.05, 3.63) is 0 Å². The van der Waals surface area contributed by atoms with Gasteiger partial charge in [-0.1, -0.05) is 20.3 Å². The van der Waals surface area contributed by atoms with Crippen LogP contribution in [0.2, 0.25) is 0 Å². The second kappa shape index (κ2) is 6.39. The quantitative estimate of drug-likeness (QED) is 0.656. The molecule has 78 valence electrons. The Morgan fingerprint density at radius 2 is 1.85 bits per heavy atom. The fourth-order valence-electron chi connectivity index (χ4n) is 1.88. The maximum atomic E-state index is 3.46. The van der Waals surface area contributed by atoms with Crippen LogP contribution in [0.25, 0.3) is 0 Å². The van der Waals surface area contributed by atoms with E-state index in [-0.39, 0.29) is 0 Å². The van der Waals surface area contributed by atoms with E-state index in [4.69, 9.17) is 0 Å². The summed E-state index contributed by atoms with van der Waals surface area (Å²) >= 11 is 0. The summed E-state index contributed by atoms with van der Waals surface area (Å²) in [7, 11) is 0. The fourth-order valence-corrected chi connectivity index (χ4v) is 1.88. The molecule has 1 heterocycles. The van der Waals surface area contributed by atoms with Gasteiger partial charge in [-0.15, -0.1) is 0 Å². The maximum absolute atomic E-state index is 3.46. The van der Waals surface area contributed by atoms with Crippen molar-refractivity contribution in [1.82, 2.24) is 10.2 Å². The van der Waals surface area contributed by atoms with Crippen molar-refractivity contribution >= 4 is 0 Å². The lowest BCUT2D eigenvalue weighted by Gasteiger charge is -2.26. The Kier molecular flexibility index (Phi) is 5.40. The normalized spacial score (nSPS) is 19.6. The Balaban J connectivity index is 1.92. The highest BCUT2D eigenvalue weighted by Crippen LogP contribution is 2.08. The van der Waals surface area contributed by atoms with Gasteiger partial charge in [0.2, 0.25) is 0 Å². The van der Waals surface area contributed by atoms with Gasteiger partial charge in [-0.25, -0.2) is 0 Å². The molecule has 0 aromatic rings. The number of hydrogen-bond donors (Lipinski definition) is 1. The molecule has 1 saturated heterocycles. The summed E-state index contributed by atoms with van der Waals surface area (Å²) in [4.78, 5) is 2.60. The summed E-state index contributed by atoms with van der Waals surface area (Å²) < 4.78 is 0. The minimum absolute atomic E-state index is 0.640. The van der Waals surface area contributed by atoms with E-state index < -0.39 is 0 Å². The summed E-state index contributed by atoms with van der Waals surface area (Å²) in [6, 6.07) is 0.640. The number of nitrogens with one attached hydrogen (secondary N) is 1. The van der Waals surface area contributed by atoms with Gasteiger partial charge < -0.3 is 10.2 Å². The Morgan fingerprint density at radius 1 is 1.15 bits per heavy atom. The van der Waals surface area contributed by atoms with Crippen molar-refractivity contribution < 1.29 is 0 Å². The predicted octanol–water partition coefficient (Wildman–Crippen LogP) is 1.86. The summed E-state index contributed by atoms with van der Waals surface area (Å²) in [6.45, 7) is 9.55. The molecule has 1 aliphatic heterocycles. The van der Waals surface area contributed by atoms with Crippen molar-refractivity contribution in [1.29, 1.82) is 0 Å². The molecule has 0 bridgehead atoms. The molecule has 2 nitrogen and oxygen atoms in total. The van der Waals surface area contributed by atoms with E-state index >= 15 is 0 Å². The number of rotatable bonds is 5. The molecule has 0 unspecified atom stereocenters. The Morgan fingerprint density at radius 3 is 2.46 bits per heavy atom. The van der Waals surface area contributed by atoms with E-state index in [9.17, 15) is 0 Å². The maximum Gasteiger partial charge on any atom is 0.00103 e. The zero-order valence-corrected chi connectivity index (χ0v) is 9.18. The first-order chi connectivity index (χ1) is 6.29. The SMILES string of the molecule is CC(C)NCCCN1CCCCC1. The zero-order chi connectivity index (χ0) is 9.52. The Labute approximate surface area is 82.7 Å². The summed E-state index contributed by atoms with van der Waals surface area (Å²) in [6.07, 6.45) is 5.58. The van der Waals surface area contributed by atoms with Crippen LogP contribution in [0.5, 0.6) is 0 Å². The van der Waals surface area contributed by atoms with Gasteiger partial charge in [0.15, 0.2) is 0 Å². The molecule has 0 spiro atoms. The number of nitrogens with zero attached hydrogens (tertiary/aromatic N) is 1. The molecule has 1 fully saturated rings. The minimum Gasteiger partial charge on any atom is -0.314 e. The third-order valence-corrected chi connectivity index (χ3v) is 2.65. The highest BCUT2D eigenvalue weighted by molar-refractivity contribution is 4.65. The largest absolute Gasteiger partial charge is 0.314 e. The molecular formula is C11H24N2. The zero-order valence-electron chi connectivity index (χ0n) is 9.18. The van der Waals surface area contributed by atoms with E-state index in [0.29, 0.717) is 6.04 Å². The molecule has 2 heteroatoms. The first-order valence-electron chi connectivity index (χ1n) is 5.75. The highest BCUT2D eigenvalue weighted by Gasteiger charge is 2.08. The van der Waals surface area contributed by atoms with Crippen molar-refractivity contribution in [3.8, 4) is 0 Å². The van der Waals surface area contributed by atoms with Crippen molar-refractivity contribution in [2.75, 3.05) is 26.2 Å². The van der Waals surface area contributed by atoms with Crippen LogP contribution < -0.4 is 5.32 Å². The van der Waals surface area contributed by atoms with Gasteiger partial charge in [0.1, 0.15) is 0 Å². The van der Waals surface area contributed by atoms with Gasteiger partial charge in [0, 0.05) is 6.04 Å². The number of hydrogen-bond acceptors (Lipinski definition) is 2. The van der Waals surface area contributed by atoms with E-state index in [2.05, 4.69) is 24.1 Å². The average molecular weight is 184 g/mol. The van der Waals surface area contributed by atoms with Crippen LogP contribution in [0, 0.1) is 0 Å². The Hall–Kier alpha value is -0.0800. The van der Waals surface area contributed by atoms with E-state index in [1.165, 1.54) is 51.9 Å². The van der Waals surface area contributed by atoms with Crippen LogP contribution in [0.3, 0.4) is 0 Å². The van der Waals surface area contributed by atoms with Crippen LogP contribution in [-0.4, -0.2) is 37.1 Å². The van der Waals surface area contributed by atoms with Gasteiger partial charge in [0.05, 0.1) is 0 Å². The predicted molar refractivity (Wildman–Crippen MR) is 58.0 cm³/mol. The standard InChI is InChI=1S/C11H24N2/c1-11(2)12-7-6-10-13-8-4-3-5-9-13/h11-12H,3-10H2,1-2H3. The lowest BCUT2D eigenvalue weighted by Crippen LogP contribution is -2.33. The van der Waals surface area contributed by atoms with E-state index in [0.717, 1.165) is 0 Å². The molecule has 0 atom stereocenters. The number of likely N-dealkylation sites (tertiary alicyclic amines) is 1. The fraction of sp³-hybridized carbons (Fsp3) is 1.00. The second-order valence-electron chi connectivity index (χ2n) is 4.36. The molecule has 1 N–H and O–H groups in total. The molecule has 0 aromatic carbocycles. The van der Waals surface area contributed by atoms with Crippen molar-refractivity contribution in [2.45, 2.75) is 45.6 Å². The first kappa shape index (κ1) is 11.0. The third kappa shape index (κ3) is 5.27. The van der Waals surface area contributed by atoms with Crippen LogP contribution in [0.4, 0.5) is 0 Å². The van der Waals surface area contributed by atoms with Gasteiger partial charge in [-0.3, -0.25) is 0 Å². The molecule has 13 heavy (non-hydrogen) atoms. The van der Waals surface area contributed by atoms with Crippen LogP contribution >= 0.6 is 0 Å². The lowest BCUT2D eigenvalue weighted by molar-refractivity contribution is 0.225. The summed E-state index contributed by atoms with van der Waals surface area (Å²) in [5, 5.41) is 3.46. The molecule has 1 rings (SSSR count). The topological polar surface area (TPSA) is 15.3 Å². The minimum atomic E-state index is 0.640. The number of piperidine rings is 1. The van der Waals surface area contributed by atoms with Crippen molar-refractivity contribution in [3.63, 3.8) is 0 Å². The molecule has 0 radical (unpaired) electrons. The van der Waals surface area contributed by atoms with Gasteiger partial charge >= 0.3 is 0 Å². The lowest BCUT2D eigenvalue weighted by atomic mass is 10.1. The smallest absolute Gasteiger partial charge is 0.00103 e. The van der Waals surface area contributed by atoms with Crippen LogP contribution in [-0.2, 0) is 0 Å². The molecular weight excluding hydrogens is 160 g/mol. The highest BCUT2D eigenvalue weighted by atomic mass is 15.1. The second-order valence-corrected chi connectivity index (χ2v) is 4.36. The summed E-state index contributed by atoms with van der Waals surface area (Å²) in [5.41, 5.74) is 0. The molecule has 0 aromatic heterocycles. The van der Waals surface area contributed by atoms with Crippen molar-refractivity contribution in [2.24, 2.45) is 0 Å².